The molecular weight excluding hydrogens is 314 g/mol. The lowest BCUT2D eigenvalue weighted by molar-refractivity contribution is 0.409. The van der Waals surface area contributed by atoms with Crippen LogP contribution in [0.1, 0.15) is 35.5 Å². The molecule has 7 heteroatoms. The maximum atomic E-state index is 5.94. The Morgan fingerprint density at radius 2 is 2.04 bits per heavy atom. The van der Waals surface area contributed by atoms with Gasteiger partial charge in [-0.15, -0.1) is 0 Å². The van der Waals surface area contributed by atoms with E-state index in [1.807, 2.05) is 6.92 Å². The van der Waals surface area contributed by atoms with Gasteiger partial charge in [-0.3, -0.25) is 4.68 Å². The lowest BCUT2D eigenvalue weighted by atomic mass is 10.1. The van der Waals surface area contributed by atoms with E-state index in [-0.39, 0.29) is 5.41 Å². The van der Waals surface area contributed by atoms with E-state index in [0.717, 1.165) is 56.2 Å². The second kappa shape index (κ2) is 6.29. The van der Waals surface area contributed by atoms with Gasteiger partial charge in [0.15, 0.2) is 0 Å². The molecule has 4 N–H and O–H groups in total. The molecule has 134 valence electrons. The van der Waals surface area contributed by atoms with Crippen molar-refractivity contribution in [1.82, 2.24) is 25.1 Å². The smallest absolute Gasteiger partial charge is 0.222 e. The Morgan fingerprint density at radius 1 is 1.24 bits per heavy atom. The van der Waals surface area contributed by atoms with E-state index in [9.17, 15) is 0 Å². The van der Waals surface area contributed by atoms with Crippen LogP contribution in [0.5, 0.6) is 0 Å². The van der Waals surface area contributed by atoms with Crippen LogP contribution in [0.15, 0.2) is 6.07 Å². The minimum absolute atomic E-state index is 0.277. The molecule has 7 nitrogen and oxygen atoms in total. The number of aryl methyl sites for hydroxylation is 2. The lowest BCUT2D eigenvalue weighted by Crippen LogP contribution is -2.24. The van der Waals surface area contributed by atoms with Gasteiger partial charge in [0.1, 0.15) is 5.82 Å². The highest BCUT2D eigenvalue weighted by atomic mass is 15.3. The number of nitrogens with two attached hydrogens (primary N) is 1. The highest BCUT2D eigenvalue weighted by Gasteiger charge is 2.43. The van der Waals surface area contributed by atoms with Crippen molar-refractivity contribution < 1.29 is 0 Å². The number of anilines is 2. The van der Waals surface area contributed by atoms with E-state index in [1.54, 1.807) is 0 Å². The fourth-order valence-electron chi connectivity index (χ4n) is 3.70. The molecular formula is C18H27N7. The van der Waals surface area contributed by atoms with E-state index in [2.05, 4.69) is 43.4 Å². The molecule has 0 radical (unpaired) electrons. The number of hydrogen-bond donors (Lipinski definition) is 3. The molecule has 2 aromatic heterocycles. The lowest BCUT2D eigenvalue weighted by Gasteiger charge is -2.19. The van der Waals surface area contributed by atoms with Gasteiger partial charge in [-0.05, 0) is 45.7 Å². The zero-order chi connectivity index (χ0) is 17.4. The van der Waals surface area contributed by atoms with Crippen LogP contribution in [0.2, 0.25) is 0 Å². The standard InChI is InChI=1S/C18H27N7/c1-12-9-13(2)25(24-12)11-18(5-6-18)10-21-16-14-3-7-20-8-4-15(14)22-17(19)23-16/h9,20H,3-8,10-11H2,1-2H3,(H3,19,21,22,23). The first-order chi connectivity index (χ1) is 12.0. The van der Waals surface area contributed by atoms with Crippen LogP contribution in [-0.4, -0.2) is 39.4 Å². The van der Waals surface area contributed by atoms with Gasteiger partial charge in [0.2, 0.25) is 5.95 Å². The van der Waals surface area contributed by atoms with E-state index >= 15 is 0 Å². The van der Waals surface area contributed by atoms with Gasteiger partial charge in [0.05, 0.1) is 11.4 Å². The van der Waals surface area contributed by atoms with E-state index in [4.69, 9.17) is 5.73 Å². The summed E-state index contributed by atoms with van der Waals surface area (Å²) >= 11 is 0. The maximum absolute atomic E-state index is 5.94. The summed E-state index contributed by atoms with van der Waals surface area (Å²) in [7, 11) is 0. The fourth-order valence-corrected chi connectivity index (χ4v) is 3.70. The number of fused-ring (bicyclic) bond motifs is 1. The van der Waals surface area contributed by atoms with Gasteiger partial charge in [0.25, 0.3) is 0 Å². The molecule has 0 spiro atoms. The number of nitrogens with zero attached hydrogens (tertiary/aromatic N) is 4. The molecule has 0 bridgehead atoms. The number of nitrogens with one attached hydrogen (secondary N) is 2. The Labute approximate surface area is 148 Å². The van der Waals surface area contributed by atoms with Crippen LogP contribution in [-0.2, 0) is 19.4 Å². The third-order valence-electron chi connectivity index (χ3n) is 5.38. The summed E-state index contributed by atoms with van der Waals surface area (Å²) in [4.78, 5) is 8.94. The van der Waals surface area contributed by atoms with Gasteiger partial charge in [-0.2, -0.15) is 10.1 Å². The second-order valence-electron chi connectivity index (χ2n) is 7.54. The molecule has 0 atom stereocenters. The van der Waals surface area contributed by atoms with E-state index in [1.165, 1.54) is 24.1 Å². The van der Waals surface area contributed by atoms with Crippen LogP contribution in [0, 0.1) is 19.3 Å². The summed E-state index contributed by atoms with van der Waals surface area (Å²) < 4.78 is 2.14. The van der Waals surface area contributed by atoms with Gasteiger partial charge in [0, 0.05) is 42.7 Å². The van der Waals surface area contributed by atoms with Crippen LogP contribution in [0.4, 0.5) is 11.8 Å². The molecule has 1 aliphatic heterocycles. The minimum Gasteiger partial charge on any atom is -0.369 e. The van der Waals surface area contributed by atoms with Gasteiger partial charge in [-0.25, -0.2) is 4.98 Å². The number of rotatable bonds is 5. The SMILES string of the molecule is Cc1cc(C)n(CC2(CNc3nc(N)nc4c3CCNCC4)CC2)n1. The van der Waals surface area contributed by atoms with Crippen molar-refractivity contribution in [2.45, 2.75) is 46.1 Å². The molecule has 2 aliphatic rings. The fraction of sp³-hybridized carbons (Fsp3) is 0.611. The summed E-state index contributed by atoms with van der Waals surface area (Å²) in [5.41, 5.74) is 10.8. The van der Waals surface area contributed by atoms with Crippen LogP contribution >= 0.6 is 0 Å². The summed E-state index contributed by atoms with van der Waals surface area (Å²) in [6.07, 6.45) is 4.31. The Bertz CT molecular complexity index is 776. The topological polar surface area (TPSA) is 93.7 Å². The summed E-state index contributed by atoms with van der Waals surface area (Å²) in [5.74, 6) is 1.29. The highest BCUT2D eigenvalue weighted by Crippen LogP contribution is 2.47. The zero-order valence-corrected chi connectivity index (χ0v) is 15.1. The van der Waals surface area contributed by atoms with Crippen LogP contribution in [0.3, 0.4) is 0 Å². The molecule has 0 aromatic carbocycles. The number of hydrogen-bond acceptors (Lipinski definition) is 6. The average Bonchev–Trinajstić information content (AvgIpc) is 3.30. The number of nitrogen functional groups attached to an aromatic ring is 1. The summed E-state index contributed by atoms with van der Waals surface area (Å²) in [5, 5.41) is 11.6. The van der Waals surface area contributed by atoms with Crippen molar-refractivity contribution in [3.05, 3.63) is 28.7 Å². The van der Waals surface area contributed by atoms with Gasteiger partial charge in [-0.1, -0.05) is 0 Å². The minimum atomic E-state index is 0.277. The average molecular weight is 341 g/mol. The van der Waals surface area contributed by atoms with Crippen molar-refractivity contribution in [2.24, 2.45) is 5.41 Å². The van der Waals surface area contributed by atoms with Gasteiger partial charge >= 0.3 is 0 Å². The molecule has 3 heterocycles. The van der Waals surface area contributed by atoms with Crippen molar-refractivity contribution in [1.29, 1.82) is 0 Å². The Morgan fingerprint density at radius 3 is 2.76 bits per heavy atom. The predicted octanol–water partition coefficient (Wildman–Crippen LogP) is 1.45. The molecule has 1 saturated carbocycles. The molecule has 1 fully saturated rings. The normalized spacial score (nSPS) is 18.5. The Balaban J connectivity index is 1.49. The monoisotopic (exact) mass is 341 g/mol. The molecule has 4 rings (SSSR count). The zero-order valence-electron chi connectivity index (χ0n) is 15.1. The Kier molecular flexibility index (Phi) is 4.11. The van der Waals surface area contributed by atoms with Gasteiger partial charge < -0.3 is 16.4 Å². The third kappa shape index (κ3) is 3.46. The highest BCUT2D eigenvalue weighted by molar-refractivity contribution is 5.50. The first-order valence-electron chi connectivity index (χ1n) is 9.16. The summed E-state index contributed by atoms with van der Waals surface area (Å²) in [6, 6.07) is 2.14. The molecule has 25 heavy (non-hydrogen) atoms. The summed E-state index contributed by atoms with van der Waals surface area (Å²) in [6.45, 7) is 7.96. The molecule has 1 aliphatic carbocycles. The quantitative estimate of drug-likeness (QED) is 0.762. The molecule has 0 saturated heterocycles. The van der Waals surface area contributed by atoms with Crippen molar-refractivity contribution in [2.75, 3.05) is 30.7 Å². The van der Waals surface area contributed by atoms with Crippen molar-refractivity contribution >= 4 is 11.8 Å². The third-order valence-corrected chi connectivity index (χ3v) is 5.38. The molecule has 0 amide bonds. The first-order valence-corrected chi connectivity index (χ1v) is 9.16. The first kappa shape index (κ1) is 16.3. The largest absolute Gasteiger partial charge is 0.369 e. The van der Waals surface area contributed by atoms with Crippen LogP contribution in [0.25, 0.3) is 0 Å². The molecule has 0 unspecified atom stereocenters. The van der Waals surface area contributed by atoms with E-state index in [0.29, 0.717) is 5.95 Å². The molecule has 2 aromatic rings. The maximum Gasteiger partial charge on any atom is 0.222 e. The Hall–Kier alpha value is -2.15. The van der Waals surface area contributed by atoms with Crippen molar-refractivity contribution in [3.63, 3.8) is 0 Å². The van der Waals surface area contributed by atoms with E-state index < -0.39 is 0 Å². The van der Waals surface area contributed by atoms with Crippen LogP contribution < -0.4 is 16.4 Å². The second-order valence-corrected chi connectivity index (χ2v) is 7.54. The predicted molar refractivity (Wildman–Crippen MR) is 98.6 cm³/mol. The van der Waals surface area contributed by atoms with Crippen molar-refractivity contribution in [3.8, 4) is 0 Å². The number of aromatic nitrogens is 4.